The summed E-state index contributed by atoms with van der Waals surface area (Å²) in [6.07, 6.45) is 1.14. The molecule has 0 bridgehead atoms. The van der Waals surface area contributed by atoms with Gasteiger partial charge in [0.2, 0.25) is 21.8 Å². The highest BCUT2D eigenvalue weighted by atomic mass is 79.9. The second-order valence-electron chi connectivity index (χ2n) is 10.3. The van der Waals surface area contributed by atoms with Crippen molar-refractivity contribution in [1.82, 2.24) is 10.0 Å². The Morgan fingerprint density at radius 1 is 1.04 bits per heavy atom. The average Bonchev–Trinajstić information content (AvgIpc) is 3.32. The number of benzene rings is 3. The van der Waals surface area contributed by atoms with Crippen LogP contribution in [0, 0.1) is 0 Å². The minimum absolute atomic E-state index is 0.0250. The van der Waals surface area contributed by atoms with Crippen LogP contribution in [0.5, 0.6) is 11.5 Å². The van der Waals surface area contributed by atoms with Gasteiger partial charge in [-0.1, -0.05) is 64.5 Å². The van der Waals surface area contributed by atoms with Crippen molar-refractivity contribution in [2.45, 2.75) is 44.0 Å². The summed E-state index contributed by atoms with van der Waals surface area (Å²) in [5, 5.41) is 11.8. The van der Waals surface area contributed by atoms with E-state index >= 15 is 0 Å². The van der Waals surface area contributed by atoms with Crippen molar-refractivity contribution < 1.29 is 46.9 Å². The van der Waals surface area contributed by atoms with Gasteiger partial charge in [-0.25, -0.2) is 18.0 Å². The van der Waals surface area contributed by atoms with E-state index in [-0.39, 0.29) is 42.4 Å². The van der Waals surface area contributed by atoms with Gasteiger partial charge in [0.25, 0.3) is 0 Å². The predicted molar refractivity (Wildman–Crippen MR) is 175 cm³/mol. The molecule has 0 radical (unpaired) electrons. The molecule has 1 fully saturated rings. The van der Waals surface area contributed by atoms with E-state index in [9.17, 15) is 32.7 Å². The number of phenolic OH excluding ortho intramolecular Hbond substituents is 1. The molecule has 3 aromatic rings. The average molecular weight is 735 g/mol. The van der Waals surface area contributed by atoms with Crippen LogP contribution in [-0.2, 0) is 42.1 Å². The van der Waals surface area contributed by atoms with Crippen molar-refractivity contribution in [3.8, 4) is 11.5 Å². The van der Waals surface area contributed by atoms with Crippen molar-refractivity contribution in [1.29, 1.82) is 0 Å². The number of hydrogen-bond donors (Lipinski definition) is 4. The number of halogens is 1. The van der Waals surface area contributed by atoms with Crippen LogP contribution in [0.25, 0.3) is 0 Å². The number of sulfonamides is 1. The molecule has 0 aromatic heterocycles. The highest BCUT2D eigenvalue weighted by Gasteiger charge is 2.38. The number of carbonyl (C=O) groups excluding carboxylic acids is 4. The third-order valence-corrected chi connectivity index (χ3v) is 9.19. The minimum Gasteiger partial charge on any atom is -0.507 e. The van der Waals surface area contributed by atoms with Crippen LogP contribution in [0.15, 0.2) is 71.2 Å². The third-order valence-electron chi connectivity index (χ3n) is 6.82. The van der Waals surface area contributed by atoms with Crippen LogP contribution in [0.1, 0.15) is 58.0 Å². The Bertz CT molecular complexity index is 1670. The van der Waals surface area contributed by atoms with Gasteiger partial charge in [-0.15, -0.1) is 0 Å². The standard InChI is InChI=1S/C24H27BrN2O8S.C8H9NO2/c1-34-24(31)23-18(28)5-4-6-19(23)35-12-3-2-11-26-21(29)10-8-15-7-9-16(17(25)13-15)20-14-22(30)27-36(20,32)33;9-8(10)11-6-7-4-2-1-3-5-7/h4-7,9,13,20,28H,2-3,8,10-12,14H2,1H3,(H,26,29)(H,27,30);1-5H,6H2,(H2,9,10). The summed E-state index contributed by atoms with van der Waals surface area (Å²) in [6, 6.07) is 19.1. The highest BCUT2D eigenvalue weighted by Crippen LogP contribution is 2.35. The number of nitrogens with one attached hydrogen (secondary N) is 2. The maximum absolute atomic E-state index is 12.2. The lowest BCUT2D eigenvalue weighted by atomic mass is 10.0. The van der Waals surface area contributed by atoms with Crippen molar-refractivity contribution in [3.63, 3.8) is 0 Å². The molecule has 0 saturated carbocycles. The third kappa shape index (κ3) is 11.6. The summed E-state index contributed by atoms with van der Waals surface area (Å²) in [7, 11) is -2.51. The Balaban J connectivity index is 0.000000461. The Labute approximate surface area is 281 Å². The number of amides is 3. The number of methoxy groups -OCH3 is 1. The number of unbranched alkanes of at least 4 members (excludes halogenated alkanes) is 1. The Morgan fingerprint density at radius 2 is 1.79 bits per heavy atom. The number of esters is 1. The zero-order valence-corrected chi connectivity index (χ0v) is 28.0. The van der Waals surface area contributed by atoms with Crippen LogP contribution in [0.3, 0.4) is 0 Å². The first kappa shape index (κ1) is 36.8. The summed E-state index contributed by atoms with van der Waals surface area (Å²) in [4.78, 5) is 45.7. The summed E-state index contributed by atoms with van der Waals surface area (Å²) in [6.45, 7) is 0.993. The molecule has 1 heterocycles. The molecule has 4 rings (SSSR count). The Kier molecular flexibility index (Phi) is 14.0. The number of hydrogen-bond acceptors (Lipinski definition) is 10. The molecule has 1 unspecified atom stereocenters. The zero-order valence-electron chi connectivity index (χ0n) is 25.6. The molecular formula is C32H36BrN3O10S. The van der Waals surface area contributed by atoms with Gasteiger partial charge in [-0.3, -0.25) is 14.3 Å². The van der Waals surface area contributed by atoms with Gasteiger partial charge in [0.15, 0.2) is 0 Å². The molecule has 0 spiro atoms. The highest BCUT2D eigenvalue weighted by molar-refractivity contribution is 9.10. The largest absolute Gasteiger partial charge is 0.507 e. The number of aromatic hydroxyl groups is 1. The quantitative estimate of drug-likeness (QED) is 0.147. The number of carbonyl (C=O) groups is 4. The Hall–Kier alpha value is -4.63. The lowest BCUT2D eigenvalue weighted by molar-refractivity contribution is -0.121. The fourth-order valence-electron chi connectivity index (χ4n) is 4.47. The molecule has 13 nitrogen and oxygen atoms in total. The normalized spacial score (nSPS) is 14.6. The SMILES string of the molecule is COC(=O)c1c(O)cccc1OCCCCNC(=O)CCc1ccc(C2CC(=O)NS2(=O)=O)c(Br)c1.NC(=O)OCc1ccccc1. The van der Waals surface area contributed by atoms with Crippen molar-refractivity contribution in [3.05, 3.63) is 93.5 Å². The summed E-state index contributed by atoms with van der Waals surface area (Å²) < 4.78 is 41.6. The molecule has 5 N–H and O–H groups in total. The van der Waals surface area contributed by atoms with Gasteiger partial charge >= 0.3 is 12.1 Å². The second-order valence-corrected chi connectivity index (χ2v) is 13.0. The molecule has 3 aromatic carbocycles. The maximum atomic E-state index is 12.2. The first-order chi connectivity index (χ1) is 22.4. The van der Waals surface area contributed by atoms with Crippen LogP contribution >= 0.6 is 15.9 Å². The smallest absolute Gasteiger partial charge is 0.404 e. The molecule has 1 aliphatic heterocycles. The van der Waals surface area contributed by atoms with E-state index in [1.165, 1.54) is 13.2 Å². The maximum Gasteiger partial charge on any atom is 0.404 e. The number of ether oxygens (including phenoxy) is 3. The molecule has 15 heteroatoms. The lowest BCUT2D eigenvalue weighted by Gasteiger charge is -2.12. The molecule has 47 heavy (non-hydrogen) atoms. The van der Waals surface area contributed by atoms with Crippen LogP contribution in [0.2, 0.25) is 0 Å². The molecule has 252 valence electrons. The van der Waals surface area contributed by atoms with Gasteiger partial charge in [-0.2, -0.15) is 0 Å². The van der Waals surface area contributed by atoms with E-state index in [0.29, 0.717) is 42.5 Å². The first-order valence-electron chi connectivity index (χ1n) is 14.5. The minimum atomic E-state index is -3.73. The Morgan fingerprint density at radius 3 is 2.43 bits per heavy atom. The summed E-state index contributed by atoms with van der Waals surface area (Å²) in [5.41, 5.74) is 7.06. The summed E-state index contributed by atoms with van der Waals surface area (Å²) in [5.74, 6) is -1.32. The van der Waals surface area contributed by atoms with Crippen molar-refractivity contribution in [2.24, 2.45) is 5.73 Å². The van der Waals surface area contributed by atoms with E-state index in [1.54, 1.807) is 30.3 Å². The molecule has 1 aliphatic rings. The lowest BCUT2D eigenvalue weighted by Crippen LogP contribution is -2.25. The zero-order chi connectivity index (χ0) is 34.4. The second kappa shape index (κ2) is 17.9. The van der Waals surface area contributed by atoms with Gasteiger partial charge in [-0.05, 0) is 54.2 Å². The van der Waals surface area contributed by atoms with E-state index in [4.69, 9.17) is 10.5 Å². The molecule has 1 atom stereocenters. The monoisotopic (exact) mass is 733 g/mol. The number of phenols is 1. The van der Waals surface area contributed by atoms with E-state index in [2.05, 4.69) is 30.7 Å². The van der Waals surface area contributed by atoms with Gasteiger partial charge in [0.1, 0.15) is 28.9 Å². The molecular weight excluding hydrogens is 698 g/mol. The number of rotatable bonds is 13. The van der Waals surface area contributed by atoms with Gasteiger partial charge in [0, 0.05) is 17.4 Å². The van der Waals surface area contributed by atoms with Crippen molar-refractivity contribution in [2.75, 3.05) is 20.3 Å². The van der Waals surface area contributed by atoms with E-state index < -0.39 is 33.2 Å². The molecule has 1 saturated heterocycles. The van der Waals surface area contributed by atoms with Crippen LogP contribution in [0.4, 0.5) is 4.79 Å². The number of nitrogens with two attached hydrogens (primary N) is 1. The fraction of sp³-hybridized carbons (Fsp3) is 0.312. The molecule has 3 amide bonds. The van der Waals surface area contributed by atoms with Gasteiger partial charge < -0.3 is 30.4 Å². The van der Waals surface area contributed by atoms with E-state index in [0.717, 1.165) is 11.1 Å². The van der Waals surface area contributed by atoms with Crippen LogP contribution < -0.4 is 20.5 Å². The summed E-state index contributed by atoms with van der Waals surface area (Å²) >= 11 is 3.38. The topological polar surface area (TPSA) is 200 Å². The first-order valence-corrected chi connectivity index (χ1v) is 16.8. The predicted octanol–water partition coefficient (Wildman–Crippen LogP) is 4.02. The van der Waals surface area contributed by atoms with Crippen molar-refractivity contribution >= 4 is 49.8 Å². The van der Waals surface area contributed by atoms with E-state index in [1.807, 2.05) is 35.1 Å². The number of aryl methyl sites for hydroxylation is 1. The fourth-order valence-corrected chi connectivity index (χ4v) is 6.78. The van der Waals surface area contributed by atoms with Crippen LogP contribution in [-0.4, -0.2) is 57.7 Å². The van der Waals surface area contributed by atoms with Gasteiger partial charge in [0.05, 0.1) is 20.1 Å². The number of primary amides is 1. The molecule has 0 aliphatic carbocycles.